The van der Waals surface area contributed by atoms with Crippen LogP contribution in [0.2, 0.25) is 0 Å². The minimum Gasteiger partial charge on any atom is -0.312 e. The zero-order valence-corrected chi connectivity index (χ0v) is 10.4. The first-order valence-electron chi connectivity index (χ1n) is 6.06. The van der Waals surface area contributed by atoms with E-state index in [1.807, 2.05) is 0 Å². The van der Waals surface area contributed by atoms with Crippen LogP contribution < -0.4 is 5.32 Å². The van der Waals surface area contributed by atoms with Gasteiger partial charge in [0.25, 0.3) is 0 Å². The number of piperidine rings is 1. The molecule has 0 amide bonds. The topological polar surface area (TPSA) is 32.3 Å². The fourth-order valence-corrected chi connectivity index (χ4v) is 3.62. The van der Waals surface area contributed by atoms with E-state index in [-0.39, 0.29) is 0 Å². The highest BCUT2D eigenvalue weighted by Crippen LogP contribution is 2.16. The Morgan fingerprint density at radius 1 is 1.40 bits per heavy atom. The lowest BCUT2D eigenvalue weighted by Gasteiger charge is -2.36. The van der Waals surface area contributed by atoms with Gasteiger partial charge in [0, 0.05) is 48.0 Å². The lowest BCUT2D eigenvalue weighted by Crippen LogP contribution is -2.50. The zero-order valence-electron chi connectivity index (χ0n) is 9.58. The van der Waals surface area contributed by atoms with Crippen molar-refractivity contribution in [3.63, 3.8) is 0 Å². The van der Waals surface area contributed by atoms with Gasteiger partial charge in [0.15, 0.2) is 0 Å². The Morgan fingerprint density at radius 3 is 2.80 bits per heavy atom. The number of hydrogen-bond acceptors (Lipinski definition) is 3. The van der Waals surface area contributed by atoms with Crippen molar-refractivity contribution >= 4 is 10.8 Å². The maximum atomic E-state index is 11.2. The first-order chi connectivity index (χ1) is 7.25. The predicted octanol–water partition coefficient (Wildman–Crippen LogP) is 0.439. The number of rotatable bonds is 2. The van der Waals surface area contributed by atoms with E-state index in [0.717, 1.165) is 37.1 Å². The Bertz CT molecular complexity index is 225. The van der Waals surface area contributed by atoms with Crippen molar-refractivity contribution in [1.29, 1.82) is 0 Å². The van der Waals surface area contributed by atoms with Crippen molar-refractivity contribution in [3.05, 3.63) is 0 Å². The van der Waals surface area contributed by atoms with Crippen LogP contribution in [0.3, 0.4) is 0 Å². The average Bonchev–Trinajstić information content (AvgIpc) is 2.25. The summed E-state index contributed by atoms with van der Waals surface area (Å²) in [6.07, 6.45) is 2.68. The molecule has 0 saturated carbocycles. The largest absolute Gasteiger partial charge is 0.312 e. The van der Waals surface area contributed by atoms with E-state index in [1.165, 1.54) is 19.4 Å². The van der Waals surface area contributed by atoms with Crippen molar-refractivity contribution < 1.29 is 4.21 Å². The molecule has 2 fully saturated rings. The zero-order chi connectivity index (χ0) is 10.7. The van der Waals surface area contributed by atoms with E-state index in [4.69, 9.17) is 0 Å². The second-order valence-corrected chi connectivity index (χ2v) is 6.52. The molecule has 0 aliphatic carbocycles. The summed E-state index contributed by atoms with van der Waals surface area (Å²) in [5.74, 6) is 2.55. The van der Waals surface area contributed by atoms with Crippen molar-refractivity contribution in [2.24, 2.45) is 5.92 Å². The van der Waals surface area contributed by atoms with Gasteiger partial charge in [-0.3, -0.25) is 9.11 Å². The monoisotopic (exact) mass is 230 g/mol. The minimum atomic E-state index is -0.538. The molecule has 15 heavy (non-hydrogen) atoms. The van der Waals surface area contributed by atoms with Gasteiger partial charge >= 0.3 is 0 Å². The maximum Gasteiger partial charge on any atom is 0.0363 e. The maximum absolute atomic E-state index is 11.2. The third kappa shape index (κ3) is 3.26. The van der Waals surface area contributed by atoms with Gasteiger partial charge in [0.1, 0.15) is 0 Å². The smallest absolute Gasteiger partial charge is 0.0363 e. The quantitative estimate of drug-likeness (QED) is 0.747. The normalized spacial score (nSPS) is 35.5. The van der Waals surface area contributed by atoms with Crippen LogP contribution in [0.4, 0.5) is 0 Å². The van der Waals surface area contributed by atoms with Crippen molar-refractivity contribution in [1.82, 2.24) is 10.2 Å². The Hall–Kier alpha value is 0.0700. The Balaban J connectivity index is 1.78. The average molecular weight is 230 g/mol. The van der Waals surface area contributed by atoms with Crippen LogP contribution in [0.1, 0.15) is 19.8 Å². The first-order valence-corrected chi connectivity index (χ1v) is 7.55. The molecular formula is C11H22N2OS. The second kappa shape index (κ2) is 5.41. The molecule has 0 radical (unpaired) electrons. The van der Waals surface area contributed by atoms with Gasteiger partial charge < -0.3 is 5.32 Å². The summed E-state index contributed by atoms with van der Waals surface area (Å²) < 4.78 is 11.2. The van der Waals surface area contributed by atoms with E-state index < -0.39 is 10.8 Å². The summed E-state index contributed by atoms with van der Waals surface area (Å²) in [6, 6.07) is 0.658. The molecule has 2 atom stereocenters. The number of hydrogen-bond donors (Lipinski definition) is 1. The molecule has 88 valence electrons. The van der Waals surface area contributed by atoms with Crippen molar-refractivity contribution in [3.8, 4) is 0 Å². The summed E-state index contributed by atoms with van der Waals surface area (Å²) in [4.78, 5) is 2.47. The van der Waals surface area contributed by atoms with E-state index in [9.17, 15) is 4.21 Å². The Morgan fingerprint density at radius 2 is 2.13 bits per heavy atom. The van der Waals surface area contributed by atoms with E-state index in [0.29, 0.717) is 6.04 Å². The molecule has 0 spiro atoms. The van der Waals surface area contributed by atoms with Crippen molar-refractivity contribution in [2.75, 3.05) is 37.7 Å². The van der Waals surface area contributed by atoms with Crippen LogP contribution >= 0.6 is 0 Å². The summed E-state index contributed by atoms with van der Waals surface area (Å²) in [7, 11) is -0.538. The molecule has 2 heterocycles. The van der Waals surface area contributed by atoms with Gasteiger partial charge in [-0.1, -0.05) is 6.92 Å². The predicted molar refractivity (Wildman–Crippen MR) is 64.5 cm³/mol. The molecular weight excluding hydrogens is 208 g/mol. The van der Waals surface area contributed by atoms with Crippen LogP contribution in [0.5, 0.6) is 0 Å². The summed E-state index contributed by atoms with van der Waals surface area (Å²) >= 11 is 0. The number of nitrogens with one attached hydrogen (secondary N) is 1. The highest BCUT2D eigenvalue weighted by atomic mass is 32.2. The second-order valence-electron chi connectivity index (χ2n) is 4.83. The third-order valence-corrected chi connectivity index (χ3v) is 4.93. The van der Waals surface area contributed by atoms with Crippen LogP contribution in [0, 0.1) is 5.92 Å². The SMILES string of the molecule is CC1CCCNC1CN1CCS(=O)CC1. The molecule has 2 saturated heterocycles. The Labute approximate surface area is 95.1 Å². The molecule has 0 bridgehead atoms. The molecule has 2 aliphatic rings. The van der Waals surface area contributed by atoms with Crippen LogP contribution in [0.15, 0.2) is 0 Å². The van der Waals surface area contributed by atoms with Gasteiger partial charge in [0.05, 0.1) is 0 Å². The molecule has 1 N–H and O–H groups in total. The summed E-state index contributed by atoms with van der Waals surface area (Å²) in [5, 5.41) is 3.61. The molecule has 0 aromatic heterocycles. The van der Waals surface area contributed by atoms with Crippen LogP contribution in [0.25, 0.3) is 0 Å². The molecule has 0 aromatic rings. The van der Waals surface area contributed by atoms with Gasteiger partial charge in [-0.2, -0.15) is 0 Å². The van der Waals surface area contributed by atoms with Crippen LogP contribution in [-0.4, -0.2) is 52.8 Å². The highest BCUT2D eigenvalue weighted by Gasteiger charge is 2.24. The molecule has 2 rings (SSSR count). The fraction of sp³-hybridized carbons (Fsp3) is 1.00. The molecule has 0 aromatic carbocycles. The van der Waals surface area contributed by atoms with Gasteiger partial charge in [-0.15, -0.1) is 0 Å². The van der Waals surface area contributed by atoms with Gasteiger partial charge in [-0.25, -0.2) is 0 Å². The molecule has 4 heteroatoms. The third-order valence-electron chi connectivity index (χ3n) is 3.65. The van der Waals surface area contributed by atoms with E-state index in [2.05, 4.69) is 17.1 Å². The highest BCUT2D eigenvalue weighted by molar-refractivity contribution is 7.85. The van der Waals surface area contributed by atoms with E-state index >= 15 is 0 Å². The lowest BCUT2D eigenvalue weighted by molar-refractivity contribution is 0.201. The molecule has 2 unspecified atom stereocenters. The molecule has 3 nitrogen and oxygen atoms in total. The van der Waals surface area contributed by atoms with Crippen LogP contribution in [-0.2, 0) is 10.8 Å². The molecule has 2 aliphatic heterocycles. The Kier molecular flexibility index (Phi) is 4.17. The van der Waals surface area contributed by atoms with Crippen molar-refractivity contribution in [2.45, 2.75) is 25.8 Å². The number of nitrogens with zero attached hydrogens (tertiary/aromatic N) is 1. The lowest BCUT2D eigenvalue weighted by atomic mass is 9.92. The minimum absolute atomic E-state index is 0.538. The van der Waals surface area contributed by atoms with Gasteiger partial charge in [0.2, 0.25) is 0 Å². The summed E-state index contributed by atoms with van der Waals surface area (Å²) in [5.41, 5.74) is 0. The van der Waals surface area contributed by atoms with Gasteiger partial charge in [-0.05, 0) is 25.3 Å². The first kappa shape index (κ1) is 11.6. The summed E-state index contributed by atoms with van der Waals surface area (Å²) in [6.45, 7) is 6.72. The standard InChI is InChI=1S/C11H22N2OS/c1-10-3-2-4-12-11(10)9-13-5-7-15(14)8-6-13/h10-12H,2-9H2,1H3. The van der Waals surface area contributed by atoms with E-state index in [1.54, 1.807) is 0 Å². The fourth-order valence-electron chi connectivity index (χ4n) is 2.49.